The molecule has 3 N–H and O–H groups in total. The Hall–Kier alpha value is -0.650. The molecular formula is C10H19NO4. The van der Waals surface area contributed by atoms with Crippen LogP contribution >= 0.6 is 0 Å². The van der Waals surface area contributed by atoms with Gasteiger partial charge < -0.3 is 20.3 Å². The van der Waals surface area contributed by atoms with Crippen LogP contribution in [0.2, 0.25) is 0 Å². The van der Waals surface area contributed by atoms with E-state index in [0.717, 1.165) is 0 Å². The highest BCUT2D eigenvalue weighted by atomic mass is 16.7. The van der Waals surface area contributed by atoms with Crippen LogP contribution in [0, 0.1) is 0 Å². The third-order valence-electron chi connectivity index (χ3n) is 2.54. The van der Waals surface area contributed by atoms with Gasteiger partial charge in [0.2, 0.25) is 0 Å². The highest BCUT2D eigenvalue weighted by molar-refractivity contribution is 5.68. The monoisotopic (exact) mass is 217 g/mol. The molecule has 0 saturated carbocycles. The van der Waals surface area contributed by atoms with E-state index in [0.29, 0.717) is 26.0 Å². The van der Waals surface area contributed by atoms with E-state index in [4.69, 9.17) is 20.3 Å². The first-order valence-electron chi connectivity index (χ1n) is 5.15. The highest BCUT2D eigenvalue weighted by Gasteiger charge is 2.42. The highest BCUT2D eigenvalue weighted by Crippen LogP contribution is 2.35. The number of carboxylic acid groups (broad SMARTS) is 1. The molecule has 15 heavy (non-hydrogen) atoms. The first kappa shape index (κ1) is 12.4. The van der Waals surface area contributed by atoms with E-state index in [1.807, 2.05) is 0 Å². The van der Waals surface area contributed by atoms with Crippen molar-refractivity contribution in [2.45, 2.75) is 44.5 Å². The first-order chi connectivity index (χ1) is 6.89. The van der Waals surface area contributed by atoms with Crippen LogP contribution in [-0.4, -0.2) is 35.6 Å². The second-order valence-corrected chi connectivity index (χ2v) is 4.39. The average molecular weight is 217 g/mol. The molecule has 0 aromatic carbocycles. The lowest BCUT2D eigenvalue weighted by molar-refractivity contribution is -0.311. The van der Waals surface area contributed by atoms with Crippen molar-refractivity contribution in [1.82, 2.24) is 0 Å². The topological polar surface area (TPSA) is 81.8 Å². The summed E-state index contributed by atoms with van der Waals surface area (Å²) >= 11 is 0. The van der Waals surface area contributed by atoms with Crippen LogP contribution in [0.15, 0.2) is 0 Å². The molecule has 1 unspecified atom stereocenters. The summed E-state index contributed by atoms with van der Waals surface area (Å²) in [4.78, 5) is 10.8. The number of rotatable bonds is 4. The fourth-order valence-corrected chi connectivity index (χ4v) is 2.01. The van der Waals surface area contributed by atoms with Gasteiger partial charge in [-0.1, -0.05) is 0 Å². The zero-order valence-corrected chi connectivity index (χ0v) is 9.28. The van der Waals surface area contributed by atoms with Gasteiger partial charge in [-0.2, -0.15) is 0 Å². The normalized spacial score (nSPS) is 30.1. The van der Waals surface area contributed by atoms with Crippen LogP contribution in [0.25, 0.3) is 0 Å². The molecule has 0 bridgehead atoms. The van der Waals surface area contributed by atoms with Gasteiger partial charge in [0, 0.05) is 6.42 Å². The SMILES string of the molecule is CC1(C)OCCC(CCN)(CC(=O)O)O1. The molecule has 5 nitrogen and oxygen atoms in total. The number of aliphatic carboxylic acids is 1. The van der Waals surface area contributed by atoms with Crippen LogP contribution in [0.1, 0.15) is 33.1 Å². The van der Waals surface area contributed by atoms with Gasteiger partial charge in [-0.25, -0.2) is 0 Å². The Kier molecular flexibility index (Phi) is 3.70. The number of carbonyl (C=O) groups is 1. The van der Waals surface area contributed by atoms with Crippen LogP contribution in [0.4, 0.5) is 0 Å². The van der Waals surface area contributed by atoms with E-state index >= 15 is 0 Å². The predicted octanol–water partition coefficient (Wildman–Crippen LogP) is 0.722. The third kappa shape index (κ3) is 3.44. The molecule has 88 valence electrons. The van der Waals surface area contributed by atoms with Crippen molar-refractivity contribution in [3.63, 3.8) is 0 Å². The van der Waals surface area contributed by atoms with Gasteiger partial charge in [-0.05, 0) is 26.8 Å². The van der Waals surface area contributed by atoms with Gasteiger partial charge in [0.15, 0.2) is 5.79 Å². The number of hydrogen-bond acceptors (Lipinski definition) is 4. The summed E-state index contributed by atoms with van der Waals surface area (Å²) in [6.07, 6.45) is 1.11. The average Bonchev–Trinajstić information content (AvgIpc) is 1.99. The summed E-state index contributed by atoms with van der Waals surface area (Å²) in [6.45, 7) is 4.52. The Morgan fingerprint density at radius 2 is 2.20 bits per heavy atom. The molecule has 0 spiro atoms. The number of ether oxygens (including phenoxy) is 2. The lowest BCUT2D eigenvalue weighted by Gasteiger charge is -2.44. The molecule has 0 aromatic rings. The molecule has 1 aliphatic rings. The van der Waals surface area contributed by atoms with Gasteiger partial charge in [0.05, 0.1) is 18.6 Å². The van der Waals surface area contributed by atoms with E-state index in [1.165, 1.54) is 0 Å². The molecule has 1 rings (SSSR count). The summed E-state index contributed by atoms with van der Waals surface area (Å²) in [5.41, 5.74) is 4.83. The summed E-state index contributed by atoms with van der Waals surface area (Å²) in [5, 5.41) is 8.87. The molecule has 1 atom stereocenters. The summed E-state index contributed by atoms with van der Waals surface area (Å²) in [7, 11) is 0. The smallest absolute Gasteiger partial charge is 0.306 e. The lowest BCUT2D eigenvalue weighted by atomic mass is 9.90. The molecule has 0 radical (unpaired) electrons. The minimum atomic E-state index is -0.860. The number of nitrogens with two attached hydrogens (primary N) is 1. The van der Waals surface area contributed by atoms with Gasteiger partial charge in [0.25, 0.3) is 0 Å². The summed E-state index contributed by atoms with van der Waals surface area (Å²) < 4.78 is 11.1. The first-order valence-corrected chi connectivity index (χ1v) is 5.15. The fraction of sp³-hybridized carbons (Fsp3) is 0.900. The number of hydrogen-bond donors (Lipinski definition) is 2. The van der Waals surface area contributed by atoms with Crippen molar-refractivity contribution in [2.75, 3.05) is 13.2 Å². The molecule has 1 heterocycles. The largest absolute Gasteiger partial charge is 0.481 e. The Morgan fingerprint density at radius 1 is 1.53 bits per heavy atom. The van der Waals surface area contributed by atoms with Gasteiger partial charge in [-0.15, -0.1) is 0 Å². The number of carboxylic acids is 1. The van der Waals surface area contributed by atoms with E-state index < -0.39 is 17.4 Å². The van der Waals surface area contributed by atoms with Crippen molar-refractivity contribution in [3.05, 3.63) is 0 Å². The fourth-order valence-electron chi connectivity index (χ4n) is 2.01. The van der Waals surface area contributed by atoms with Crippen molar-refractivity contribution in [2.24, 2.45) is 5.73 Å². The second kappa shape index (κ2) is 4.47. The van der Waals surface area contributed by atoms with E-state index in [-0.39, 0.29) is 6.42 Å². The third-order valence-corrected chi connectivity index (χ3v) is 2.54. The van der Waals surface area contributed by atoms with E-state index in [9.17, 15) is 4.79 Å². The second-order valence-electron chi connectivity index (χ2n) is 4.39. The van der Waals surface area contributed by atoms with E-state index in [2.05, 4.69) is 0 Å². The molecule has 1 fully saturated rings. The van der Waals surface area contributed by atoms with Crippen molar-refractivity contribution < 1.29 is 19.4 Å². The van der Waals surface area contributed by atoms with Gasteiger partial charge >= 0.3 is 5.97 Å². The summed E-state index contributed by atoms with van der Waals surface area (Å²) in [6, 6.07) is 0. The standard InChI is InChI=1S/C10H19NO4/c1-9(2)14-6-4-10(15-9,3-5-11)7-8(12)13/h3-7,11H2,1-2H3,(H,12,13). The Bertz CT molecular complexity index is 238. The minimum absolute atomic E-state index is 0.0169. The maximum absolute atomic E-state index is 10.8. The maximum atomic E-state index is 10.8. The van der Waals surface area contributed by atoms with Crippen molar-refractivity contribution >= 4 is 5.97 Å². The zero-order chi connectivity index (χ0) is 11.5. The molecule has 1 aliphatic heterocycles. The van der Waals surface area contributed by atoms with Gasteiger partial charge in [-0.3, -0.25) is 4.79 Å². The lowest BCUT2D eigenvalue weighted by Crippen LogP contribution is -2.50. The maximum Gasteiger partial charge on any atom is 0.306 e. The van der Waals surface area contributed by atoms with Gasteiger partial charge in [0.1, 0.15) is 0 Å². The van der Waals surface area contributed by atoms with E-state index in [1.54, 1.807) is 13.8 Å². The van der Waals surface area contributed by atoms with Crippen molar-refractivity contribution in [1.29, 1.82) is 0 Å². The Balaban J connectivity index is 2.75. The predicted molar refractivity (Wildman–Crippen MR) is 54.4 cm³/mol. The van der Waals surface area contributed by atoms with Crippen LogP contribution in [-0.2, 0) is 14.3 Å². The molecule has 1 saturated heterocycles. The van der Waals surface area contributed by atoms with Crippen LogP contribution in [0.3, 0.4) is 0 Å². The Morgan fingerprint density at radius 3 is 2.67 bits per heavy atom. The molecule has 0 aliphatic carbocycles. The molecule has 5 heteroatoms. The molecule has 0 amide bonds. The molecular weight excluding hydrogens is 198 g/mol. The summed E-state index contributed by atoms with van der Waals surface area (Å²) in [5.74, 6) is -1.58. The minimum Gasteiger partial charge on any atom is -0.481 e. The van der Waals surface area contributed by atoms with Crippen molar-refractivity contribution in [3.8, 4) is 0 Å². The Labute approximate surface area is 89.5 Å². The zero-order valence-electron chi connectivity index (χ0n) is 9.28. The molecule has 0 aromatic heterocycles. The van der Waals surface area contributed by atoms with Crippen LogP contribution < -0.4 is 5.73 Å². The quantitative estimate of drug-likeness (QED) is 0.725. The van der Waals surface area contributed by atoms with Crippen LogP contribution in [0.5, 0.6) is 0 Å².